The molecule has 32 heavy (non-hydrogen) atoms. The number of aromatic nitrogens is 2. The van der Waals surface area contributed by atoms with Crippen LogP contribution >= 0.6 is 0 Å². The molecule has 4 rings (SSSR count). The van der Waals surface area contributed by atoms with Crippen molar-refractivity contribution in [3.63, 3.8) is 0 Å². The van der Waals surface area contributed by atoms with Crippen LogP contribution in [0.1, 0.15) is 48.0 Å². The fourth-order valence-corrected chi connectivity index (χ4v) is 3.86. The maximum Gasteiger partial charge on any atom is 0.264 e. The molecule has 2 aromatic carbocycles. The number of amides is 1. The molecule has 0 saturated carbocycles. The van der Waals surface area contributed by atoms with Gasteiger partial charge in [-0.1, -0.05) is 35.0 Å². The van der Waals surface area contributed by atoms with E-state index in [0.29, 0.717) is 18.1 Å². The molecule has 0 radical (unpaired) electrons. The highest BCUT2D eigenvalue weighted by molar-refractivity contribution is 5.76. The van der Waals surface area contributed by atoms with Crippen molar-refractivity contribution in [2.24, 2.45) is 0 Å². The quantitative estimate of drug-likeness (QED) is 0.525. The third-order valence-corrected chi connectivity index (χ3v) is 5.87. The van der Waals surface area contributed by atoms with E-state index >= 15 is 0 Å². The summed E-state index contributed by atoms with van der Waals surface area (Å²) in [5, 5.41) is 4.15. The lowest BCUT2D eigenvalue weighted by molar-refractivity contribution is -0.132. The van der Waals surface area contributed by atoms with Crippen molar-refractivity contribution in [2.45, 2.75) is 45.1 Å². The zero-order valence-electron chi connectivity index (χ0n) is 18.6. The molecule has 1 aliphatic rings. The molecule has 2 heterocycles. The number of hydrogen-bond acceptors (Lipinski definition) is 6. The zero-order valence-corrected chi connectivity index (χ0v) is 18.6. The first-order valence-corrected chi connectivity index (χ1v) is 11.0. The molecule has 168 valence electrons. The fraction of sp³-hybridized carbons (Fsp3) is 0.400. The van der Waals surface area contributed by atoms with Crippen LogP contribution in [0.25, 0.3) is 0 Å². The topological polar surface area (TPSA) is 77.7 Å². The molecule has 7 nitrogen and oxygen atoms in total. The van der Waals surface area contributed by atoms with Gasteiger partial charge in [0.15, 0.2) is 12.4 Å². The first-order chi connectivity index (χ1) is 15.6. The Kier molecular flexibility index (Phi) is 7.04. The number of hydrogen-bond donors (Lipinski definition) is 0. The Balaban J connectivity index is 1.21. The summed E-state index contributed by atoms with van der Waals surface area (Å²) in [6, 6.07) is 15.7. The summed E-state index contributed by atoms with van der Waals surface area (Å²) in [6.45, 7) is 3.72. The second-order valence-electron chi connectivity index (χ2n) is 8.15. The smallest absolute Gasteiger partial charge is 0.264 e. The van der Waals surface area contributed by atoms with E-state index in [4.69, 9.17) is 14.0 Å². The number of nitrogens with zero attached hydrogens (tertiary/aromatic N) is 3. The van der Waals surface area contributed by atoms with E-state index in [1.165, 1.54) is 5.56 Å². The van der Waals surface area contributed by atoms with Gasteiger partial charge in [-0.05, 0) is 56.0 Å². The highest BCUT2D eigenvalue weighted by atomic mass is 16.5. The molecule has 7 heteroatoms. The summed E-state index contributed by atoms with van der Waals surface area (Å²) in [6.07, 6.45) is 2.93. The van der Waals surface area contributed by atoms with Crippen LogP contribution in [0, 0.1) is 6.92 Å². The van der Waals surface area contributed by atoms with Gasteiger partial charge >= 0.3 is 0 Å². The van der Waals surface area contributed by atoms with E-state index in [2.05, 4.69) is 10.1 Å². The van der Waals surface area contributed by atoms with Crippen LogP contribution in [0.4, 0.5) is 0 Å². The Bertz CT molecular complexity index is 1010. The Morgan fingerprint density at radius 1 is 1.06 bits per heavy atom. The van der Waals surface area contributed by atoms with Crippen molar-refractivity contribution in [1.82, 2.24) is 15.0 Å². The molecule has 1 aromatic heterocycles. The molecule has 0 spiro atoms. The predicted molar refractivity (Wildman–Crippen MR) is 120 cm³/mol. The number of likely N-dealkylation sites (tertiary alicyclic amines) is 1. The molecule has 0 N–H and O–H groups in total. The summed E-state index contributed by atoms with van der Waals surface area (Å²) in [5.41, 5.74) is 2.32. The molecule has 0 unspecified atom stereocenters. The van der Waals surface area contributed by atoms with E-state index < -0.39 is 0 Å². The van der Waals surface area contributed by atoms with Gasteiger partial charge in [-0.2, -0.15) is 4.98 Å². The number of piperidine rings is 1. The van der Waals surface area contributed by atoms with Crippen LogP contribution in [0.2, 0.25) is 0 Å². The number of benzene rings is 2. The summed E-state index contributed by atoms with van der Waals surface area (Å²) in [7, 11) is 1.65. The van der Waals surface area contributed by atoms with Crippen LogP contribution < -0.4 is 9.47 Å². The number of aryl methyl sites for hydroxylation is 2. The van der Waals surface area contributed by atoms with Crippen LogP contribution in [-0.2, 0) is 17.8 Å². The van der Waals surface area contributed by atoms with Gasteiger partial charge in [0, 0.05) is 25.4 Å². The van der Waals surface area contributed by atoms with E-state index in [9.17, 15) is 4.79 Å². The van der Waals surface area contributed by atoms with Crippen LogP contribution in [0.15, 0.2) is 53.1 Å². The zero-order chi connectivity index (χ0) is 22.3. The summed E-state index contributed by atoms with van der Waals surface area (Å²) in [5.74, 6) is 3.18. The van der Waals surface area contributed by atoms with Gasteiger partial charge in [-0.3, -0.25) is 4.79 Å². The van der Waals surface area contributed by atoms with Crippen molar-refractivity contribution in [1.29, 1.82) is 0 Å². The molecular weight excluding hydrogens is 406 g/mol. The molecular formula is C25H29N3O4. The third kappa shape index (κ3) is 5.66. The van der Waals surface area contributed by atoms with E-state index in [0.717, 1.165) is 49.4 Å². The second kappa shape index (κ2) is 10.3. The van der Waals surface area contributed by atoms with E-state index in [1.807, 2.05) is 60.4 Å². The van der Waals surface area contributed by atoms with Gasteiger partial charge in [0.25, 0.3) is 5.89 Å². The summed E-state index contributed by atoms with van der Waals surface area (Å²) < 4.78 is 16.3. The summed E-state index contributed by atoms with van der Waals surface area (Å²) >= 11 is 0. The fourth-order valence-electron chi connectivity index (χ4n) is 3.86. The number of rotatable bonds is 8. The average Bonchev–Trinajstić information content (AvgIpc) is 3.32. The van der Waals surface area contributed by atoms with Gasteiger partial charge in [0.2, 0.25) is 5.91 Å². The second-order valence-corrected chi connectivity index (χ2v) is 8.15. The van der Waals surface area contributed by atoms with Gasteiger partial charge in [-0.15, -0.1) is 0 Å². The SMILES string of the molecule is COc1ccc(CCC(=O)N2CCC(c3noc(COc4ccc(C)cc4)n3)CC2)cc1. The molecule has 0 bridgehead atoms. The van der Waals surface area contributed by atoms with Gasteiger partial charge < -0.3 is 18.9 Å². The Morgan fingerprint density at radius 3 is 2.44 bits per heavy atom. The van der Waals surface area contributed by atoms with Crippen LogP contribution in [0.5, 0.6) is 11.5 Å². The lowest BCUT2D eigenvalue weighted by atomic mass is 9.95. The number of methoxy groups -OCH3 is 1. The predicted octanol–water partition coefficient (Wildman–Crippen LogP) is 4.30. The molecule has 3 aromatic rings. The number of carbonyl (C=O) groups excluding carboxylic acids is 1. The van der Waals surface area contributed by atoms with Gasteiger partial charge in [-0.25, -0.2) is 0 Å². The van der Waals surface area contributed by atoms with E-state index in [-0.39, 0.29) is 18.4 Å². The molecule has 0 atom stereocenters. The highest BCUT2D eigenvalue weighted by Crippen LogP contribution is 2.27. The lowest BCUT2D eigenvalue weighted by Gasteiger charge is -2.30. The van der Waals surface area contributed by atoms with Crippen molar-refractivity contribution in [3.05, 3.63) is 71.4 Å². The minimum absolute atomic E-state index is 0.194. The average molecular weight is 436 g/mol. The monoisotopic (exact) mass is 435 g/mol. The Morgan fingerprint density at radius 2 is 1.75 bits per heavy atom. The van der Waals surface area contributed by atoms with Gasteiger partial charge in [0.05, 0.1) is 7.11 Å². The lowest BCUT2D eigenvalue weighted by Crippen LogP contribution is -2.38. The number of carbonyl (C=O) groups is 1. The van der Waals surface area contributed by atoms with E-state index in [1.54, 1.807) is 7.11 Å². The Labute approximate surface area is 188 Å². The molecule has 1 aliphatic heterocycles. The highest BCUT2D eigenvalue weighted by Gasteiger charge is 2.27. The molecule has 1 saturated heterocycles. The minimum atomic E-state index is 0.194. The Hall–Kier alpha value is -3.35. The molecule has 1 amide bonds. The first-order valence-electron chi connectivity index (χ1n) is 11.0. The largest absolute Gasteiger partial charge is 0.497 e. The third-order valence-electron chi connectivity index (χ3n) is 5.87. The molecule has 0 aliphatic carbocycles. The standard InChI is InChI=1S/C25H29N3O4/c1-18-3-8-22(9-4-18)31-17-23-26-25(27-32-23)20-13-15-28(16-14-20)24(29)12-7-19-5-10-21(30-2)11-6-19/h3-6,8-11,20H,7,12-17H2,1-2H3. The van der Waals surface area contributed by atoms with Crippen LogP contribution in [0.3, 0.4) is 0 Å². The normalized spacial score (nSPS) is 14.4. The minimum Gasteiger partial charge on any atom is -0.497 e. The first kappa shape index (κ1) is 21.9. The van der Waals surface area contributed by atoms with Crippen molar-refractivity contribution in [2.75, 3.05) is 20.2 Å². The van der Waals surface area contributed by atoms with Crippen molar-refractivity contribution in [3.8, 4) is 11.5 Å². The molecule has 1 fully saturated rings. The van der Waals surface area contributed by atoms with Crippen molar-refractivity contribution >= 4 is 5.91 Å². The maximum absolute atomic E-state index is 12.6. The van der Waals surface area contributed by atoms with Crippen LogP contribution in [-0.4, -0.2) is 41.1 Å². The summed E-state index contributed by atoms with van der Waals surface area (Å²) in [4.78, 5) is 19.1. The number of ether oxygens (including phenoxy) is 2. The van der Waals surface area contributed by atoms with Gasteiger partial charge in [0.1, 0.15) is 11.5 Å². The maximum atomic E-state index is 12.6. The van der Waals surface area contributed by atoms with Crippen molar-refractivity contribution < 1.29 is 18.8 Å².